The van der Waals surface area contributed by atoms with Crippen LogP contribution < -0.4 is 5.32 Å². The number of hydrogen-bond donors (Lipinski definition) is 1. The smallest absolute Gasteiger partial charge is 0.236 e. The van der Waals surface area contributed by atoms with Crippen LogP contribution in [0.1, 0.15) is 5.01 Å². The lowest BCUT2D eigenvalue weighted by atomic mass is 10.4. The van der Waals surface area contributed by atoms with Gasteiger partial charge in [0, 0.05) is 9.37 Å². The lowest BCUT2D eigenvalue weighted by Crippen LogP contribution is -2.13. The van der Waals surface area contributed by atoms with Crippen molar-refractivity contribution >= 4 is 50.1 Å². The number of thioether (sulfide) groups is 1. The number of hydrogen-bond acceptors (Lipinski definition) is 5. The molecule has 94 valence electrons. The van der Waals surface area contributed by atoms with Crippen molar-refractivity contribution in [2.45, 2.75) is 11.8 Å². The van der Waals surface area contributed by atoms with Crippen molar-refractivity contribution in [3.05, 3.63) is 33.7 Å². The van der Waals surface area contributed by atoms with Crippen molar-refractivity contribution in [1.29, 1.82) is 0 Å². The Morgan fingerprint density at radius 2 is 2.11 bits per heavy atom. The van der Waals surface area contributed by atoms with Gasteiger partial charge in [0.2, 0.25) is 11.0 Å². The third kappa shape index (κ3) is 4.08. The fraction of sp³-hybridized carbons (Fsp3) is 0.182. The van der Waals surface area contributed by atoms with Crippen molar-refractivity contribution in [2.24, 2.45) is 0 Å². The zero-order chi connectivity index (χ0) is 13.0. The standard InChI is InChI=1S/C11H10BrN3OS2/c1-7-14-15-11(18-7)13-10(16)6-17-9-4-2-8(12)3-5-9/h2-5H,6H2,1H3,(H,13,15,16). The maximum Gasteiger partial charge on any atom is 0.236 e. The molecule has 0 atom stereocenters. The summed E-state index contributed by atoms with van der Waals surface area (Å²) in [6.07, 6.45) is 0. The molecule has 1 aromatic heterocycles. The Labute approximate surface area is 121 Å². The summed E-state index contributed by atoms with van der Waals surface area (Å²) in [5.41, 5.74) is 0. The minimum absolute atomic E-state index is 0.0703. The lowest BCUT2D eigenvalue weighted by Gasteiger charge is -2.01. The number of amides is 1. The number of carbonyl (C=O) groups is 1. The second-order valence-corrected chi connectivity index (χ2v) is 6.56. The number of carbonyl (C=O) groups excluding carboxylic acids is 1. The minimum atomic E-state index is -0.0703. The first-order chi connectivity index (χ1) is 8.63. The van der Waals surface area contributed by atoms with Gasteiger partial charge in [-0.2, -0.15) is 0 Å². The molecule has 1 heterocycles. The van der Waals surface area contributed by atoms with E-state index < -0.39 is 0 Å². The van der Waals surface area contributed by atoms with Gasteiger partial charge in [0.15, 0.2) is 0 Å². The monoisotopic (exact) mass is 343 g/mol. The van der Waals surface area contributed by atoms with Crippen LogP contribution in [0.5, 0.6) is 0 Å². The quantitative estimate of drug-likeness (QED) is 0.865. The van der Waals surface area contributed by atoms with Crippen LogP contribution in [0.4, 0.5) is 5.13 Å². The summed E-state index contributed by atoms with van der Waals surface area (Å²) in [6.45, 7) is 1.85. The van der Waals surface area contributed by atoms with Crippen molar-refractivity contribution in [1.82, 2.24) is 10.2 Å². The Balaban J connectivity index is 1.83. The number of halogens is 1. The number of aromatic nitrogens is 2. The second kappa shape index (κ2) is 6.31. The topological polar surface area (TPSA) is 54.9 Å². The van der Waals surface area contributed by atoms with E-state index in [4.69, 9.17) is 0 Å². The predicted molar refractivity (Wildman–Crippen MR) is 78.1 cm³/mol. The Kier molecular flexibility index (Phi) is 4.73. The van der Waals surface area contributed by atoms with Crippen LogP contribution in [-0.4, -0.2) is 21.9 Å². The van der Waals surface area contributed by atoms with E-state index in [1.807, 2.05) is 31.2 Å². The average molecular weight is 344 g/mol. The first-order valence-corrected chi connectivity index (χ1v) is 7.71. The molecular weight excluding hydrogens is 334 g/mol. The Morgan fingerprint density at radius 3 is 2.72 bits per heavy atom. The van der Waals surface area contributed by atoms with Crippen LogP contribution in [-0.2, 0) is 4.79 Å². The molecule has 0 aliphatic carbocycles. The van der Waals surface area contributed by atoms with Gasteiger partial charge in [0.1, 0.15) is 5.01 Å². The maximum absolute atomic E-state index is 11.7. The number of nitrogens with zero attached hydrogens (tertiary/aromatic N) is 2. The molecule has 0 radical (unpaired) electrons. The molecule has 1 aromatic carbocycles. The van der Waals surface area contributed by atoms with Gasteiger partial charge in [-0.05, 0) is 31.2 Å². The summed E-state index contributed by atoms with van der Waals surface area (Å²) in [5, 5.41) is 11.8. The van der Waals surface area contributed by atoms with E-state index in [0.717, 1.165) is 14.4 Å². The molecule has 0 saturated heterocycles. The third-order valence-electron chi connectivity index (χ3n) is 1.96. The van der Waals surface area contributed by atoms with Crippen LogP contribution in [0.2, 0.25) is 0 Å². The SMILES string of the molecule is Cc1nnc(NC(=O)CSc2ccc(Br)cc2)s1. The molecule has 1 amide bonds. The highest BCUT2D eigenvalue weighted by Gasteiger charge is 2.06. The summed E-state index contributed by atoms with van der Waals surface area (Å²) in [6, 6.07) is 7.84. The molecule has 4 nitrogen and oxygen atoms in total. The van der Waals surface area contributed by atoms with Crippen molar-refractivity contribution in [3.8, 4) is 0 Å². The van der Waals surface area contributed by atoms with E-state index >= 15 is 0 Å². The molecule has 0 bridgehead atoms. The predicted octanol–water partition coefficient (Wildman–Crippen LogP) is 3.34. The lowest BCUT2D eigenvalue weighted by molar-refractivity contribution is -0.113. The van der Waals surface area contributed by atoms with Crippen LogP contribution in [0.3, 0.4) is 0 Å². The zero-order valence-corrected chi connectivity index (χ0v) is 12.7. The fourth-order valence-corrected chi connectivity index (χ4v) is 2.75. The third-order valence-corrected chi connectivity index (χ3v) is 4.25. The van der Waals surface area contributed by atoms with Gasteiger partial charge >= 0.3 is 0 Å². The number of nitrogens with one attached hydrogen (secondary N) is 1. The van der Waals surface area contributed by atoms with Gasteiger partial charge < -0.3 is 0 Å². The maximum atomic E-state index is 11.7. The molecule has 7 heteroatoms. The average Bonchev–Trinajstić information content (AvgIpc) is 2.74. The molecule has 0 fully saturated rings. The summed E-state index contributed by atoms with van der Waals surface area (Å²) >= 11 is 6.23. The highest BCUT2D eigenvalue weighted by atomic mass is 79.9. The van der Waals surface area contributed by atoms with Crippen LogP contribution >= 0.6 is 39.0 Å². The molecule has 0 saturated carbocycles. The molecule has 2 aromatic rings. The van der Waals surface area contributed by atoms with E-state index in [9.17, 15) is 4.79 Å². The summed E-state index contributed by atoms with van der Waals surface area (Å²) in [7, 11) is 0. The summed E-state index contributed by atoms with van der Waals surface area (Å²) < 4.78 is 1.03. The molecule has 0 unspecified atom stereocenters. The Bertz CT molecular complexity index is 541. The molecule has 0 spiro atoms. The van der Waals surface area contributed by atoms with Crippen LogP contribution in [0, 0.1) is 6.92 Å². The highest BCUT2D eigenvalue weighted by Crippen LogP contribution is 2.21. The Hall–Kier alpha value is -0.920. The van der Waals surface area contributed by atoms with Crippen molar-refractivity contribution < 1.29 is 4.79 Å². The van der Waals surface area contributed by atoms with Gasteiger partial charge in [0.05, 0.1) is 5.75 Å². The molecular formula is C11H10BrN3OS2. The highest BCUT2D eigenvalue weighted by molar-refractivity contribution is 9.10. The molecule has 2 rings (SSSR count). The number of benzene rings is 1. The van der Waals surface area contributed by atoms with E-state index in [2.05, 4.69) is 31.4 Å². The largest absolute Gasteiger partial charge is 0.300 e. The van der Waals surface area contributed by atoms with Gasteiger partial charge in [-0.15, -0.1) is 22.0 Å². The van der Waals surface area contributed by atoms with Crippen LogP contribution in [0.25, 0.3) is 0 Å². The van der Waals surface area contributed by atoms with Gasteiger partial charge in [-0.1, -0.05) is 27.3 Å². The molecule has 18 heavy (non-hydrogen) atoms. The zero-order valence-electron chi connectivity index (χ0n) is 9.51. The van der Waals surface area contributed by atoms with Gasteiger partial charge in [-0.3, -0.25) is 10.1 Å². The first kappa shape index (κ1) is 13.5. The Morgan fingerprint density at radius 1 is 1.39 bits per heavy atom. The molecule has 1 N–H and O–H groups in total. The fourth-order valence-electron chi connectivity index (χ4n) is 1.18. The molecule has 0 aliphatic rings. The van der Waals surface area contributed by atoms with E-state index in [1.54, 1.807) is 0 Å². The number of aryl methyl sites for hydroxylation is 1. The van der Waals surface area contributed by atoms with E-state index in [1.165, 1.54) is 23.1 Å². The second-order valence-electron chi connectivity index (χ2n) is 3.42. The summed E-state index contributed by atoms with van der Waals surface area (Å²) in [5.74, 6) is 0.291. The van der Waals surface area contributed by atoms with Gasteiger partial charge in [-0.25, -0.2) is 0 Å². The molecule has 0 aliphatic heterocycles. The summed E-state index contributed by atoms with van der Waals surface area (Å²) in [4.78, 5) is 12.7. The number of anilines is 1. The first-order valence-electron chi connectivity index (χ1n) is 5.12. The van der Waals surface area contributed by atoms with Crippen LogP contribution in [0.15, 0.2) is 33.6 Å². The normalized spacial score (nSPS) is 10.3. The van der Waals surface area contributed by atoms with E-state index in [-0.39, 0.29) is 5.91 Å². The van der Waals surface area contributed by atoms with Gasteiger partial charge in [0.25, 0.3) is 0 Å². The van der Waals surface area contributed by atoms with Crippen molar-refractivity contribution in [2.75, 3.05) is 11.1 Å². The minimum Gasteiger partial charge on any atom is -0.300 e. The van der Waals surface area contributed by atoms with E-state index in [0.29, 0.717) is 10.9 Å². The van der Waals surface area contributed by atoms with Crippen molar-refractivity contribution in [3.63, 3.8) is 0 Å². The number of rotatable bonds is 4.